The van der Waals surface area contributed by atoms with Crippen LogP contribution in [0.15, 0.2) is 16.8 Å². The van der Waals surface area contributed by atoms with Gasteiger partial charge in [0.05, 0.1) is 5.60 Å². The number of hydrogen-bond donors (Lipinski definition) is 2. The minimum Gasteiger partial charge on any atom is -0.475 e. The van der Waals surface area contributed by atoms with Gasteiger partial charge in [0.2, 0.25) is 0 Å². The fourth-order valence-electron chi connectivity index (χ4n) is 3.44. The first-order valence-electron chi connectivity index (χ1n) is 9.16. The minimum absolute atomic E-state index is 0.00447. The number of carboxylic acid groups (broad SMARTS) is 1. The fourth-order valence-corrected chi connectivity index (χ4v) is 4.10. The Bertz CT molecular complexity index is 684. The number of ether oxygens (including phenoxy) is 1. The molecule has 0 radical (unpaired) electrons. The summed E-state index contributed by atoms with van der Waals surface area (Å²) in [5.41, 5.74) is 1.31. The highest BCUT2D eigenvalue weighted by Crippen LogP contribution is 2.35. The average Bonchev–Trinajstić information content (AvgIpc) is 3.25. The maximum absolute atomic E-state index is 11.9. The van der Waals surface area contributed by atoms with Gasteiger partial charge in [-0.2, -0.15) is 24.5 Å². The van der Waals surface area contributed by atoms with E-state index in [-0.39, 0.29) is 17.7 Å². The van der Waals surface area contributed by atoms with Gasteiger partial charge in [0, 0.05) is 46.4 Å². The summed E-state index contributed by atoms with van der Waals surface area (Å²) in [6, 6.07) is 2.41. The molecule has 0 aromatic carbocycles. The van der Waals surface area contributed by atoms with Gasteiger partial charge in [-0.15, -0.1) is 0 Å². The summed E-state index contributed by atoms with van der Waals surface area (Å²) in [5.74, 6) is -2.76. The van der Waals surface area contributed by atoms with E-state index in [9.17, 15) is 18.0 Å². The van der Waals surface area contributed by atoms with Crippen LogP contribution in [0.25, 0.3) is 0 Å². The number of carbonyl (C=O) groups excluding carboxylic acids is 1. The second-order valence-electron chi connectivity index (χ2n) is 7.46. The van der Waals surface area contributed by atoms with Crippen LogP contribution >= 0.6 is 11.3 Å². The Hall–Kier alpha value is -1.85. The molecule has 3 rings (SSSR count). The number of halogens is 3. The van der Waals surface area contributed by atoms with Crippen molar-refractivity contribution in [1.82, 2.24) is 15.1 Å². The van der Waals surface area contributed by atoms with E-state index >= 15 is 0 Å². The quantitative estimate of drug-likeness (QED) is 0.760. The number of nitrogens with one attached hydrogen (secondary N) is 1. The van der Waals surface area contributed by atoms with Gasteiger partial charge < -0.3 is 20.1 Å². The number of aliphatic carboxylic acids is 1. The maximum atomic E-state index is 11.9. The molecule has 1 spiro atoms. The lowest BCUT2D eigenvalue weighted by Crippen LogP contribution is -2.51. The monoisotopic (exact) mass is 437 g/mol. The Morgan fingerprint density at radius 1 is 1.45 bits per heavy atom. The van der Waals surface area contributed by atoms with Crippen LogP contribution in [0.3, 0.4) is 0 Å². The third-order valence-electron chi connectivity index (χ3n) is 4.85. The van der Waals surface area contributed by atoms with Crippen LogP contribution in [0, 0.1) is 0 Å². The molecule has 2 aliphatic heterocycles. The number of urea groups is 1. The molecule has 11 heteroatoms. The summed E-state index contributed by atoms with van der Waals surface area (Å²) in [5, 5.41) is 14.6. The van der Waals surface area contributed by atoms with Crippen molar-refractivity contribution in [2.45, 2.75) is 43.6 Å². The van der Waals surface area contributed by atoms with E-state index in [1.54, 1.807) is 30.3 Å². The lowest BCUT2D eigenvalue weighted by molar-refractivity contribution is -0.192. The average molecular weight is 437 g/mol. The predicted octanol–water partition coefficient (Wildman–Crippen LogP) is 2.78. The molecule has 3 heterocycles. The zero-order valence-corrected chi connectivity index (χ0v) is 17.2. The van der Waals surface area contributed by atoms with Gasteiger partial charge in [-0.25, -0.2) is 9.59 Å². The van der Waals surface area contributed by atoms with Crippen LogP contribution in [-0.4, -0.2) is 78.5 Å². The van der Waals surface area contributed by atoms with Crippen LogP contribution in [0.4, 0.5) is 18.0 Å². The molecule has 2 saturated heterocycles. The van der Waals surface area contributed by atoms with Crippen LogP contribution in [0.2, 0.25) is 0 Å². The van der Waals surface area contributed by atoms with Gasteiger partial charge in [0.1, 0.15) is 0 Å². The molecule has 0 bridgehead atoms. The number of thiophene rings is 1. The number of rotatable bonds is 3. The van der Waals surface area contributed by atoms with Crippen LogP contribution in [0.1, 0.15) is 24.8 Å². The van der Waals surface area contributed by atoms with E-state index in [0.29, 0.717) is 0 Å². The third kappa shape index (κ3) is 7.16. The molecule has 2 aliphatic rings. The number of carbonyl (C=O) groups is 2. The summed E-state index contributed by atoms with van der Waals surface area (Å²) >= 11 is 1.75. The SMILES string of the molecule is CN(C)C(=O)N[C@@H]1CCO[C@]2(CCN(Cc3ccsc3)C2)C1.O=C(O)C(F)(F)F. The number of hydrogen-bond acceptors (Lipinski definition) is 5. The van der Waals surface area contributed by atoms with E-state index < -0.39 is 12.1 Å². The highest BCUT2D eigenvalue weighted by molar-refractivity contribution is 7.07. The Morgan fingerprint density at radius 3 is 2.69 bits per heavy atom. The molecular formula is C18H26F3N3O4S. The lowest BCUT2D eigenvalue weighted by atomic mass is 9.89. The van der Waals surface area contributed by atoms with Gasteiger partial charge in [-0.05, 0) is 41.7 Å². The number of likely N-dealkylation sites (tertiary alicyclic amines) is 1. The molecule has 0 unspecified atom stereocenters. The van der Waals surface area contributed by atoms with E-state index in [0.717, 1.165) is 45.5 Å². The molecule has 0 saturated carbocycles. The number of alkyl halides is 3. The molecule has 2 fully saturated rings. The first kappa shape index (κ1) is 23.4. The molecule has 2 amide bonds. The van der Waals surface area contributed by atoms with E-state index in [1.807, 2.05) is 0 Å². The summed E-state index contributed by atoms with van der Waals surface area (Å²) in [6.45, 7) is 3.79. The van der Waals surface area contributed by atoms with Crippen molar-refractivity contribution in [1.29, 1.82) is 0 Å². The summed E-state index contributed by atoms with van der Waals surface area (Å²) < 4.78 is 37.9. The van der Waals surface area contributed by atoms with Crippen molar-refractivity contribution in [3.63, 3.8) is 0 Å². The Labute approximate surface area is 171 Å². The second kappa shape index (κ2) is 9.77. The topological polar surface area (TPSA) is 82.1 Å². The van der Waals surface area contributed by atoms with Crippen molar-refractivity contribution in [3.05, 3.63) is 22.4 Å². The Morgan fingerprint density at radius 2 is 2.14 bits per heavy atom. The summed E-state index contributed by atoms with van der Waals surface area (Å²) in [7, 11) is 3.56. The minimum atomic E-state index is -5.08. The number of amides is 2. The lowest BCUT2D eigenvalue weighted by Gasteiger charge is -2.38. The highest BCUT2D eigenvalue weighted by atomic mass is 32.1. The maximum Gasteiger partial charge on any atom is 0.490 e. The van der Waals surface area contributed by atoms with E-state index in [4.69, 9.17) is 14.6 Å². The smallest absolute Gasteiger partial charge is 0.475 e. The molecule has 2 atom stereocenters. The number of nitrogens with zero attached hydrogens (tertiary/aromatic N) is 2. The summed E-state index contributed by atoms with van der Waals surface area (Å²) in [6.07, 6.45) is -2.19. The van der Waals surface area contributed by atoms with Crippen LogP contribution in [-0.2, 0) is 16.1 Å². The molecular weight excluding hydrogens is 411 g/mol. The van der Waals surface area contributed by atoms with Crippen LogP contribution < -0.4 is 5.32 Å². The zero-order chi connectivity index (χ0) is 21.7. The molecule has 7 nitrogen and oxygen atoms in total. The normalized spacial score (nSPS) is 24.7. The van der Waals surface area contributed by atoms with Gasteiger partial charge in [0.15, 0.2) is 0 Å². The first-order valence-corrected chi connectivity index (χ1v) is 10.1. The van der Waals surface area contributed by atoms with Crippen LogP contribution in [0.5, 0.6) is 0 Å². The summed E-state index contributed by atoms with van der Waals surface area (Å²) in [4.78, 5) is 24.8. The fraction of sp³-hybridized carbons (Fsp3) is 0.667. The van der Waals surface area contributed by atoms with Crippen molar-refractivity contribution in [3.8, 4) is 0 Å². The first-order chi connectivity index (χ1) is 13.5. The van der Waals surface area contributed by atoms with E-state index in [2.05, 4.69) is 27.0 Å². The van der Waals surface area contributed by atoms with Gasteiger partial charge >= 0.3 is 18.2 Å². The Kier molecular flexibility index (Phi) is 7.89. The molecule has 1 aromatic rings. The van der Waals surface area contributed by atoms with Gasteiger partial charge in [-0.1, -0.05) is 0 Å². The van der Waals surface area contributed by atoms with Crippen molar-refractivity contribution in [2.75, 3.05) is 33.8 Å². The van der Waals surface area contributed by atoms with Crippen molar-refractivity contribution < 1.29 is 32.6 Å². The molecule has 2 N–H and O–H groups in total. The van der Waals surface area contributed by atoms with Crippen molar-refractivity contribution >= 4 is 23.3 Å². The second-order valence-corrected chi connectivity index (χ2v) is 8.24. The highest BCUT2D eigenvalue weighted by Gasteiger charge is 2.43. The largest absolute Gasteiger partial charge is 0.490 e. The molecule has 1 aromatic heterocycles. The molecule has 0 aliphatic carbocycles. The molecule has 29 heavy (non-hydrogen) atoms. The third-order valence-corrected chi connectivity index (χ3v) is 5.58. The van der Waals surface area contributed by atoms with Gasteiger partial charge in [0.25, 0.3) is 0 Å². The zero-order valence-electron chi connectivity index (χ0n) is 16.4. The molecule has 164 valence electrons. The standard InChI is InChI=1S/C16H25N3O2S.C2HF3O2/c1-18(2)15(20)17-14-3-7-21-16(9-14)5-6-19(12-16)10-13-4-8-22-11-13;3-2(4,5)1(6)7/h4,8,11,14H,3,5-7,9-10,12H2,1-2H3,(H,17,20);(H,6,7)/t14-,16-;/m1./s1. The predicted molar refractivity (Wildman–Crippen MR) is 102 cm³/mol. The van der Waals surface area contributed by atoms with Crippen molar-refractivity contribution in [2.24, 2.45) is 0 Å². The van der Waals surface area contributed by atoms with E-state index in [1.165, 1.54) is 5.56 Å². The Balaban J connectivity index is 0.000000370. The van der Waals surface area contributed by atoms with Gasteiger partial charge in [-0.3, -0.25) is 4.90 Å². The number of carboxylic acids is 1.